The Morgan fingerprint density at radius 1 is 1.32 bits per heavy atom. The van der Waals surface area contributed by atoms with Gasteiger partial charge in [0.05, 0.1) is 36.5 Å². The standard InChI is InChI=1S/C11H14N4O4/c12-5-1-13-2-6-8(5)14-4-15(6)11-10(18)9(17)7(3-16)19-11/h1-2,4,7,9-11,16-18H,3,12H2/t7-,9-,10+,11-/m1/s1. The highest BCUT2D eigenvalue weighted by atomic mass is 16.6. The van der Waals surface area contributed by atoms with Gasteiger partial charge in [0, 0.05) is 0 Å². The Kier molecular flexibility index (Phi) is 2.86. The number of imidazole rings is 1. The number of ether oxygens (including phenoxy) is 1. The van der Waals surface area contributed by atoms with Crippen molar-refractivity contribution < 1.29 is 20.1 Å². The lowest BCUT2D eigenvalue weighted by molar-refractivity contribution is -0.0509. The van der Waals surface area contributed by atoms with Gasteiger partial charge in [0.2, 0.25) is 0 Å². The van der Waals surface area contributed by atoms with E-state index in [0.29, 0.717) is 16.7 Å². The molecule has 3 heterocycles. The molecule has 1 fully saturated rings. The topological polar surface area (TPSA) is 127 Å². The van der Waals surface area contributed by atoms with Gasteiger partial charge in [-0.3, -0.25) is 9.55 Å². The minimum absolute atomic E-state index is 0.373. The van der Waals surface area contributed by atoms with E-state index in [1.54, 1.807) is 10.8 Å². The van der Waals surface area contributed by atoms with Crippen LogP contribution in [0.15, 0.2) is 18.7 Å². The Bertz CT molecular complexity index is 601. The first-order chi connectivity index (χ1) is 9.13. The molecule has 8 nitrogen and oxygen atoms in total. The number of hydrogen-bond acceptors (Lipinski definition) is 7. The van der Waals surface area contributed by atoms with Crippen molar-refractivity contribution in [1.82, 2.24) is 14.5 Å². The highest BCUT2D eigenvalue weighted by Gasteiger charge is 2.43. The highest BCUT2D eigenvalue weighted by molar-refractivity contribution is 5.85. The second kappa shape index (κ2) is 4.42. The third kappa shape index (κ3) is 1.77. The number of nitrogen functional groups attached to an aromatic ring is 1. The number of aliphatic hydroxyl groups excluding tert-OH is 3. The molecule has 19 heavy (non-hydrogen) atoms. The molecule has 0 bridgehead atoms. The third-order valence-corrected chi connectivity index (χ3v) is 3.31. The van der Waals surface area contributed by atoms with E-state index in [1.807, 2.05) is 0 Å². The van der Waals surface area contributed by atoms with E-state index < -0.39 is 24.5 Å². The maximum Gasteiger partial charge on any atom is 0.164 e. The van der Waals surface area contributed by atoms with E-state index in [2.05, 4.69) is 9.97 Å². The number of nitrogens with zero attached hydrogens (tertiary/aromatic N) is 3. The van der Waals surface area contributed by atoms with E-state index in [1.165, 1.54) is 12.5 Å². The minimum Gasteiger partial charge on any atom is -0.396 e. The first kappa shape index (κ1) is 12.3. The second-order valence-electron chi connectivity index (χ2n) is 4.48. The van der Waals surface area contributed by atoms with E-state index in [9.17, 15) is 10.2 Å². The van der Waals surface area contributed by atoms with Crippen LogP contribution in [0.2, 0.25) is 0 Å². The number of pyridine rings is 1. The molecule has 0 unspecified atom stereocenters. The van der Waals surface area contributed by atoms with Crippen LogP contribution in [0.3, 0.4) is 0 Å². The van der Waals surface area contributed by atoms with Crippen molar-refractivity contribution in [3.8, 4) is 0 Å². The molecule has 0 aliphatic carbocycles. The average molecular weight is 266 g/mol. The normalized spacial score (nSPS) is 31.1. The van der Waals surface area contributed by atoms with E-state index in [-0.39, 0.29) is 6.61 Å². The number of nitrogens with two attached hydrogens (primary N) is 1. The SMILES string of the molecule is Nc1cncc2c1ncn2[C@@H]1O[C@H](CO)[C@@H](O)[C@@H]1O. The van der Waals surface area contributed by atoms with Crippen molar-refractivity contribution in [2.45, 2.75) is 24.5 Å². The predicted molar refractivity (Wildman–Crippen MR) is 64.9 cm³/mol. The Balaban J connectivity index is 2.04. The van der Waals surface area contributed by atoms with Crippen molar-refractivity contribution in [2.75, 3.05) is 12.3 Å². The Hall–Kier alpha value is -1.74. The van der Waals surface area contributed by atoms with Crippen LogP contribution in [0.25, 0.3) is 11.0 Å². The summed E-state index contributed by atoms with van der Waals surface area (Å²) in [5, 5.41) is 28.8. The summed E-state index contributed by atoms with van der Waals surface area (Å²) in [6.45, 7) is -0.373. The van der Waals surface area contributed by atoms with Gasteiger partial charge in [-0.15, -0.1) is 0 Å². The molecule has 5 N–H and O–H groups in total. The molecule has 0 aromatic carbocycles. The third-order valence-electron chi connectivity index (χ3n) is 3.31. The molecule has 0 spiro atoms. The van der Waals surface area contributed by atoms with Gasteiger partial charge in [0.25, 0.3) is 0 Å². The van der Waals surface area contributed by atoms with Crippen LogP contribution in [-0.4, -0.2) is 54.8 Å². The largest absolute Gasteiger partial charge is 0.396 e. The number of fused-ring (bicyclic) bond motifs is 1. The molecule has 3 rings (SSSR count). The van der Waals surface area contributed by atoms with Crippen LogP contribution in [0, 0.1) is 0 Å². The Morgan fingerprint density at radius 2 is 2.11 bits per heavy atom. The molecule has 102 valence electrons. The summed E-state index contributed by atoms with van der Waals surface area (Å²) in [5.41, 5.74) is 7.31. The molecular weight excluding hydrogens is 252 g/mol. The summed E-state index contributed by atoms with van der Waals surface area (Å²) >= 11 is 0. The maximum atomic E-state index is 9.97. The van der Waals surface area contributed by atoms with Crippen LogP contribution in [0.1, 0.15) is 6.23 Å². The van der Waals surface area contributed by atoms with Gasteiger partial charge in [0.15, 0.2) is 6.23 Å². The van der Waals surface area contributed by atoms with E-state index in [4.69, 9.17) is 15.6 Å². The van der Waals surface area contributed by atoms with Crippen molar-refractivity contribution in [2.24, 2.45) is 0 Å². The fraction of sp³-hybridized carbons (Fsp3) is 0.455. The lowest BCUT2D eigenvalue weighted by Crippen LogP contribution is -2.33. The highest BCUT2D eigenvalue weighted by Crippen LogP contribution is 2.32. The Morgan fingerprint density at radius 3 is 2.79 bits per heavy atom. The van der Waals surface area contributed by atoms with Crippen molar-refractivity contribution in [3.63, 3.8) is 0 Å². The second-order valence-corrected chi connectivity index (χ2v) is 4.48. The zero-order valence-corrected chi connectivity index (χ0v) is 9.92. The van der Waals surface area contributed by atoms with E-state index in [0.717, 1.165) is 0 Å². The lowest BCUT2D eigenvalue weighted by Gasteiger charge is -2.16. The van der Waals surface area contributed by atoms with Gasteiger partial charge in [-0.2, -0.15) is 0 Å². The van der Waals surface area contributed by atoms with Gasteiger partial charge >= 0.3 is 0 Å². The minimum atomic E-state index is -1.16. The van der Waals surface area contributed by atoms with Gasteiger partial charge in [-0.25, -0.2) is 4.98 Å². The molecule has 1 saturated heterocycles. The first-order valence-electron chi connectivity index (χ1n) is 5.82. The zero-order valence-electron chi connectivity index (χ0n) is 9.92. The van der Waals surface area contributed by atoms with Crippen molar-refractivity contribution in [3.05, 3.63) is 18.7 Å². The molecule has 0 amide bonds. The number of hydrogen-bond donors (Lipinski definition) is 4. The molecule has 1 aliphatic rings. The van der Waals surface area contributed by atoms with Gasteiger partial charge < -0.3 is 25.8 Å². The van der Waals surface area contributed by atoms with Crippen molar-refractivity contribution >= 4 is 16.7 Å². The van der Waals surface area contributed by atoms with Gasteiger partial charge in [-0.05, 0) is 0 Å². The monoisotopic (exact) mass is 266 g/mol. The zero-order chi connectivity index (χ0) is 13.6. The smallest absolute Gasteiger partial charge is 0.164 e. The van der Waals surface area contributed by atoms with Gasteiger partial charge in [-0.1, -0.05) is 0 Å². The molecule has 1 aliphatic heterocycles. The molecule has 0 radical (unpaired) electrons. The van der Waals surface area contributed by atoms with Crippen LogP contribution in [0.5, 0.6) is 0 Å². The number of aliphatic hydroxyl groups is 3. The molecule has 0 saturated carbocycles. The Labute approximate surface area is 108 Å². The number of anilines is 1. The van der Waals surface area contributed by atoms with Crippen LogP contribution >= 0.6 is 0 Å². The summed E-state index contributed by atoms with van der Waals surface area (Å²) in [6.07, 6.45) is 0.526. The number of rotatable bonds is 2. The summed E-state index contributed by atoms with van der Waals surface area (Å²) < 4.78 is 6.98. The fourth-order valence-electron chi connectivity index (χ4n) is 2.28. The average Bonchev–Trinajstić information content (AvgIpc) is 2.94. The first-order valence-corrected chi connectivity index (χ1v) is 5.82. The van der Waals surface area contributed by atoms with Crippen LogP contribution in [0.4, 0.5) is 5.69 Å². The molecule has 2 aromatic rings. The van der Waals surface area contributed by atoms with Gasteiger partial charge in [0.1, 0.15) is 23.8 Å². The summed E-state index contributed by atoms with van der Waals surface area (Å²) in [6, 6.07) is 0. The fourth-order valence-corrected chi connectivity index (χ4v) is 2.28. The van der Waals surface area contributed by atoms with Crippen LogP contribution < -0.4 is 5.73 Å². The van der Waals surface area contributed by atoms with Crippen molar-refractivity contribution in [1.29, 1.82) is 0 Å². The van der Waals surface area contributed by atoms with Crippen LogP contribution in [-0.2, 0) is 4.74 Å². The maximum absolute atomic E-state index is 9.97. The molecule has 2 aromatic heterocycles. The molecule has 4 atom stereocenters. The summed E-state index contributed by atoms with van der Waals surface area (Å²) in [5.74, 6) is 0. The summed E-state index contributed by atoms with van der Waals surface area (Å²) in [4.78, 5) is 8.10. The number of aromatic nitrogens is 3. The predicted octanol–water partition coefficient (Wildman–Crippen LogP) is -1.38. The van der Waals surface area contributed by atoms with E-state index >= 15 is 0 Å². The lowest BCUT2D eigenvalue weighted by atomic mass is 10.1. The quantitative estimate of drug-likeness (QED) is 0.528. The summed E-state index contributed by atoms with van der Waals surface area (Å²) in [7, 11) is 0. The molecule has 8 heteroatoms. The molecular formula is C11H14N4O4.